The third kappa shape index (κ3) is 3.57. The Bertz CT molecular complexity index is 712. The summed E-state index contributed by atoms with van der Waals surface area (Å²) in [4.78, 5) is 12.4. The summed E-state index contributed by atoms with van der Waals surface area (Å²) in [6.45, 7) is 4.59. The number of phenols is 1. The van der Waals surface area contributed by atoms with E-state index in [1.165, 1.54) is 43.2 Å². The van der Waals surface area contributed by atoms with Gasteiger partial charge in [0.2, 0.25) is 0 Å². The first kappa shape index (κ1) is 19.8. The largest absolute Gasteiger partial charge is 0.508 e. The second kappa shape index (κ2) is 8.08. The zero-order chi connectivity index (χ0) is 19.7. The summed E-state index contributed by atoms with van der Waals surface area (Å²) >= 11 is 0. The molecular weight excluding hydrogens is 348 g/mol. The van der Waals surface area contributed by atoms with Crippen LogP contribution < -0.4 is 0 Å². The number of aryl methyl sites for hydroxylation is 1. The number of hydrogen-bond acceptors (Lipinski definition) is 3. The van der Waals surface area contributed by atoms with Gasteiger partial charge >= 0.3 is 5.97 Å². The van der Waals surface area contributed by atoms with Gasteiger partial charge in [0.1, 0.15) is 11.9 Å². The highest BCUT2D eigenvalue weighted by molar-refractivity contribution is 5.69. The second-order valence-corrected chi connectivity index (χ2v) is 9.71. The van der Waals surface area contributed by atoms with Crippen LogP contribution in [0.3, 0.4) is 0 Å². The van der Waals surface area contributed by atoms with E-state index in [1.54, 1.807) is 0 Å². The summed E-state index contributed by atoms with van der Waals surface area (Å²) < 4.78 is 6.06. The van der Waals surface area contributed by atoms with Crippen molar-refractivity contribution in [3.63, 3.8) is 0 Å². The quantitative estimate of drug-likeness (QED) is 0.474. The molecule has 0 aromatic heterocycles. The zero-order valence-electron chi connectivity index (χ0n) is 17.6. The molecule has 3 nitrogen and oxygen atoms in total. The van der Waals surface area contributed by atoms with Gasteiger partial charge in [-0.05, 0) is 86.0 Å². The summed E-state index contributed by atoms with van der Waals surface area (Å²) in [6, 6.07) is 5.98. The molecule has 1 N–H and O–H groups in total. The molecule has 0 aliphatic heterocycles. The first-order chi connectivity index (χ1) is 13.5. The van der Waals surface area contributed by atoms with E-state index >= 15 is 0 Å². The Hall–Kier alpha value is -1.51. The Morgan fingerprint density at radius 3 is 2.86 bits per heavy atom. The van der Waals surface area contributed by atoms with Gasteiger partial charge in [0, 0.05) is 11.8 Å². The van der Waals surface area contributed by atoms with E-state index in [1.807, 2.05) is 12.1 Å². The third-order valence-corrected chi connectivity index (χ3v) is 8.13. The van der Waals surface area contributed by atoms with Gasteiger partial charge in [0.05, 0.1) is 0 Å². The van der Waals surface area contributed by atoms with Crippen molar-refractivity contribution < 1.29 is 14.6 Å². The van der Waals surface area contributed by atoms with Gasteiger partial charge in [-0.15, -0.1) is 0 Å². The van der Waals surface area contributed by atoms with E-state index in [9.17, 15) is 9.90 Å². The Labute approximate surface area is 169 Å². The number of hydrogen-bond donors (Lipinski definition) is 1. The minimum Gasteiger partial charge on any atom is -0.508 e. The lowest BCUT2D eigenvalue weighted by molar-refractivity contribution is -0.157. The summed E-state index contributed by atoms with van der Waals surface area (Å²) in [5.74, 6) is 2.39. The fourth-order valence-corrected chi connectivity index (χ4v) is 6.63. The predicted molar refractivity (Wildman–Crippen MR) is 111 cm³/mol. The average molecular weight is 385 g/mol. The van der Waals surface area contributed by atoms with Crippen LogP contribution in [0.4, 0.5) is 0 Å². The van der Waals surface area contributed by atoms with Gasteiger partial charge in [-0.2, -0.15) is 0 Å². The predicted octanol–water partition coefficient (Wildman–Crippen LogP) is 6.13. The van der Waals surface area contributed by atoms with Crippen LogP contribution in [0.5, 0.6) is 5.75 Å². The van der Waals surface area contributed by atoms with E-state index in [0.29, 0.717) is 29.9 Å². The highest BCUT2D eigenvalue weighted by atomic mass is 16.5. The number of carbonyl (C=O) groups excluding carboxylic acids is 1. The van der Waals surface area contributed by atoms with Crippen LogP contribution in [-0.2, 0) is 16.0 Å². The molecule has 4 rings (SSSR count). The molecule has 0 bridgehead atoms. The monoisotopic (exact) mass is 384 g/mol. The Balaban J connectivity index is 1.42. The normalized spacial score (nSPS) is 33.6. The van der Waals surface area contributed by atoms with Crippen LogP contribution in [0.1, 0.15) is 95.1 Å². The van der Waals surface area contributed by atoms with Gasteiger partial charge < -0.3 is 9.84 Å². The molecule has 0 radical (unpaired) electrons. The molecule has 3 heteroatoms. The maximum atomic E-state index is 12.4. The lowest BCUT2D eigenvalue weighted by atomic mass is 9.55. The molecule has 154 valence electrons. The minimum absolute atomic E-state index is 0.0227. The number of aromatic hydroxyl groups is 1. The van der Waals surface area contributed by atoms with Gasteiger partial charge in [0.15, 0.2) is 0 Å². The van der Waals surface area contributed by atoms with E-state index in [0.717, 1.165) is 32.1 Å². The standard InChI is InChI=1S/C25H36O3/c1-3-4-5-6-7-24(27)28-23-13-12-22-21-10-8-17-16-18(26)9-11-19(17)20(21)14-15-25(22,23)2/h9,11,16,20-23,26H,3-8,10,12-15H2,1-2H3/t20-,21-,22-,23?,25+/m1/s1. The van der Waals surface area contributed by atoms with Crippen molar-refractivity contribution in [3.8, 4) is 5.75 Å². The Morgan fingerprint density at radius 1 is 1.18 bits per heavy atom. The van der Waals surface area contributed by atoms with E-state index in [4.69, 9.17) is 4.74 Å². The Morgan fingerprint density at radius 2 is 2.04 bits per heavy atom. The fourth-order valence-electron chi connectivity index (χ4n) is 6.63. The molecular formula is C25H36O3. The summed E-state index contributed by atoms with van der Waals surface area (Å²) in [6.07, 6.45) is 12.0. The number of ether oxygens (including phenoxy) is 1. The summed E-state index contributed by atoms with van der Waals surface area (Å²) in [5.41, 5.74) is 2.96. The molecule has 2 saturated carbocycles. The molecule has 1 aromatic carbocycles. The molecule has 3 aliphatic carbocycles. The van der Waals surface area contributed by atoms with Crippen molar-refractivity contribution in [1.82, 2.24) is 0 Å². The molecule has 2 fully saturated rings. The van der Waals surface area contributed by atoms with Crippen LogP contribution in [0, 0.1) is 17.3 Å². The maximum Gasteiger partial charge on any atom is 0.306 e. The Kier molecular flexibility index (Phi) is 5.71. The van der Waals surface area contributed by atoms with Gasteiger partial charge in [0.25, 0.3) is 0 Å². The number of rotatable bonds is 6. The van der Waals surface area contributed by atoms with Crippen molar-refractivity contribution >= 4 is 5.97 Å². The van der Waals surface area contributed by atoms with Crippen LogP contribution in [0.15, 0.2) is 18.2 Å². The molecule has 0 heterocycles. The van der Waals surface area contributed by atoms with Crippen molar-refractivity contribution in [2.24, 2.45) is 17.3 Å². The van der Waals surface area contributed by atoms with Gasteiger partial charge in [-0.25, -0.2) is 0 Å². The lowest BCUT2D eigenvalue weighted by Gasteiger charge is -2.50. The molecule has 1 aromatic rings. The zero-order valence-corrected chi connectivity index (χ0v) is 17.6. The van der Waals surface area contributed by atoms with Crippen molar-refractivity contribution in [2.75, 3.05) is 0 Å². The van der Waals surface area contributed by atoms with Crippen LogP contribution in [-0.4, -0.2) is 17.2 Å². The second-order valence-electron chi connectivity index (χ2n) is 9.71. The fraction of sp³-hybridized carbons (Fsp3) is 0.720. The smallest absolute Gasteiger partial charge is 0.306 e. The van der Waals surface area contributed by atoms with Crippen molar-refractivity contribution in [2.45, 2.75) is 96.5 Å². The van der Waals surface area contributed by atoms with Crippen LogP contribution in [0.25, 0.3) is 0 Å². The van der Waals surface area contributed by atoms with Crippen LogP contribution >= 0.6 is 0 Å². The lowest BCUT2D eigenvalue weighted by Crippen LogP contribution is -2.45. The van der Waals surface area contributed by atoms with Crippen molar-refractivity contribution in [3.05, 3.63) is 29.3 Å². The number of esters is 1. The number of unbranched alkanes of at least 4 members (excludes halogenated alkanes) is 3. The molecule has 0 saturated heterocycles. The number of carbonyl (C=O) groups is 1. The summed E-state index contributed by atoms with van der Waals surface area (Å²) in [7, 11) is 0. The molecule has 28 heavy (non-hydrogen) atoms. The highest BCUT2D eigenvalue weighted by Crippen LogP contribution is 2.61. The SMILES string of the molecule is CCCCCCC(=O)OC1CC[C@@H]2[C@@H]3CCc4cc(O)ccc4[C@H]3CC[C@]12C. The highest BCUT2D eigenvalue weighted by Gasteiger charge is 2.56. The average Bonchev–Trinajstić information content (AvgIpc) is 3.01. The van der Waals surface area contributed by atoms with Crippen LogP contribution in [0.2, 0.25) is 0 Å². The number of fused-ring (bicyclic) bond motifs is 5. The van der Waals surface area contributed by atoms with E-state index < -0.39 is 0 Å². The first-order valence-corrected chi connectivity index (χ1v) is 11.5. The van der Waals surface area contributed by atoms with E-state index in [-0.39, 0.29) is 17.5 Å². The van der Waals surface area contributed by atoms with E-state index in [2.05, 4.69) is 19.9 Å². The molecule has 5 atom stereocenters. The minimum atomic E-state index is 0.0227. The molecule has 1 unspecified atom stereocenters. The molecule has 0 spiro atoms. The topological polar surface area (TPSA) is 46.5 Å². The molecule has 3 aliphatic rings. The number of benzene rings is 1. The van der Waals surface area contributed by atoms with Crippen molar-refractivity contribution in [1.29, 1.82) is 0 Å². The first-order valence-electron chi connectivity index (χ1n) is 11.5. The summed E-state index contributed by atoms with van der Waals surface area (Å²) in [5, 5.41) is 9.84. The number of phenolic OH excluding ortho intramolecular Hbond substituents is 1. The van der Waals surface area contributed by atoms with Gasteiger partial charge in [-0.3, -0.25) is 4.79 Å². The molecule has 0 amide bonds. The van der Waals surface area contributed by atoms with Gasteiger partial charge in [-0.1, -0.05) is 39.2 Å². The third-order valence-electron chi connectivity index (χ3n) is 8.13. The maximum absolute atomic E-state index is 12.4.